The third-order valence-corrected chi connectivity index (χ3v) is 3.93. The van der Waals surface area contributed by atoms with Crippen LogP contribution in [-0.4, -0.2) is 32.5 Å². The Kier molecular flexibility index (Phi) is 3.45. The fourth-order valence-electron chi connectivity index (χ4n) is 2.93. The summed E-state index contributed by atoms with van der Waals surface area (Å²) in [6.07, 6.45) is 3.69. The van der Waals surface area contributed by atoms with Crippen LogP contribution >= 0.6 is 0 Å². The number of rotatable bonds is 2. The summed E-state index contributed by atoms with van der Waals surface area (Å²) in [7, 11) is 0. The van der Waals surface area contributed by atoms with E-state index < -0.39 is 0 Å². The van der Waals surface area contributed by atoms with Crippen molar-refractivity contribution in [2.75, 3.05) is 6.54 Å². The van der Waals surface area contributed by atoms with Crippen LogP contribution in [0.25, 0.3) is 11.4 Å². The van der Waals surface area contributed by atoms with E-state index in [4.69, 9.17) is 4.52 Å². The lowest BCUT2D eigenvalue weighted by molar-refractivity contribution is -0.129. The van der Waals surface area contributed by atoms with Crippen LogP contribution < -0.4 is 0 Å². The van der Waals surface area contributed by atoms with Crippen molar-refractivity contribution in [3.05, 3.63) is 29.4 Å². The molecule has 1 saturated heterocycles. The monoisotopic (exact) mass is 286 g/mol. The number of aromatic nitrogens is 3. The Hall–Kier alpha value is -2.24. The summed E-state index contributed by atoms with van der Waals surface area (Å²) in [5.41, 5.74) is 2.50. The topological polar surface area (TPSA) is 72.1 Å². The molecule has 1 fully saturated rings. The maximum absolute atomic E-state index is 11.7. The molecule has 21 heavy (non-hydrogen) atoms. The van der Waals surface area contributed by atoms with Crippen LogP contribution in [-0.2, 0) is 4.79 Å². The Morgan fingerprint density at radius 2 is 2.24 bits per heavy atom. The molecule has 0 radical (unpaired) electrons. The van der Waals surface area contributed by atoms with E-state index in [-0.39, 0.29) is 11.9 Å². The number of nitrogens with zero attached hydrogens (tertiary/aromatic N) is 4. The summed E-state index contributed by atoms with van der Waals surface area (Å²) in [6.45, 7) is 6.13. The van der Waals surface area contributed by atoms with Crippen LogP contribution in [0.15, 0.2) is 16.8 Å². The van der Waals surface area contributed by atoms with E-state index in [0.717, 1.165) is 36.3 Å². The van der Waals surface area contributed by atoms with Crippen molar-refractivity contribution >= 4 is 5.91 Å². The second kappa shape index (κ2) is 5.27. The van der Waals surface area contributed by atoms with Gasteiger partial charge in [-0.05, 0) is 32.8 Å². The predicted molar refractivity (Wildman–Crippen MR) is 76.4 cm³/mol. The Labute approximate surface area is 123 Å². The fourth-order valence-corrected chi connectivity index (χ4v) is 2.93. The SMILES string of the molecule is CC(=O)N1CCC[C@H]1c1ccnc(-c2c(C)noc2C)n1. The maximum Gasteiger partial charge on any atom is 0.220 e. The second-order valence-corrected chi connectivity index (χ2v) is 5.37. The lowest BCUT2D eigenvalue weighted by atomic mass is 10.1. The van der Waals surface area contributed by atoms with Crippen LogP contribution in [0.5, 0.6) is 0 Å². The van der Waals surface area contributed by atoms with E-state index in [2.05, 4.69) is 15.1 Å². The van der Waals surface area contributed by atoms with Crippen LogP contribution in [0.1, 0.15) is 43.0 Å². The highest BCUT2D eigenvalue weighted by Gasteiger charge is 2.29. The second-order valence-electron chi connectivity index (χ2n) is 5.37. The molecule has 3 heterocycles. The molecule has 0 spiro atoms. The van der Waals surface area contributed by atoms with Crippen molar-refractivity contribution in [1.29, 1.82) is 0 Å². The number of carbonyl (C=O) groups excluding carboxylic acids is 1. The zero-order valence-electron chi connectivity index (χ0n) is 12.5. The highest BCUT2D eigenvalue weighted by atomic mass is 16.5. The molecule has 1 atom stereocenters. The van der Waals surface area contributed by atoms with E-state index in [0.29, 0.717) is 11.6 Å². The van der Waals surface area contributed by atoms with Gasteiger partial charge < -0.3 is 9.42 Å². The molecule has 6 heteroatoms. The molecule has 0 aliphatic carbocycles. The largest absolute Gasteiger partial charge is 0.361 e. The van der Waals surface area contributed by atoms with Gasteiger partial charge in [-0.2, -0.15) is 0 Å². The number of hydrogen-bond acceptors (Lipinski definition) is 5. The van der Waals surface area contributed by atoms with Crippen LogP contribution in [0.3, 0.4) is 0 Å². The molecule has 2 aromatic heterocycles. The Morgan fingerprint density at radius 1 is 1.43 bits per heavy atom. The van der Waals surface area contributed by atoms with Gasteiger partial charge in [0.1, 0.15) is 5.76 Å². The van der Waals surface area contributed by atoms with Gasteiger partial charge >= 0.3 is 0 Å². The minimum atomic E-state index is 0.0460. The molecule has 0 N–H and O–H groups in total. The molecular formula is C15H18N4O2. The molecule has 6 nitrogen and oxygen atoms in total. The summed E-state index contributed by atoms with van der Waals surface area (Å²) in [4.78, 5) is 22.6. The standard InChI is InChI=1S/C15H18N4O2/c1-9-14(10(2)21-18-9)15-16-7-6-12(17-15)13-5-4-8-19(13)11(3)20/h6-7,13H,4-5,8H2,1-3H3/t13-/m0/s1. The average molecular weight is 286 g/mol. The van der Waals surface area contributed by atoms with Gasteiger partial charge in [0.25, 0.3) is 0 Å². The molecule has 1 amide bonds. The minimum absolute atomic E-state index is 0.0460. The van der Waals surface area contributed by atoms with Gasteiger partial charge in [0.2, 0.25) is 5.91 Å². The third-order valence-electron chi connectivity index (χ3n) is 3.93. The normalized spacial score (nSPS) is 18.2. The summed E-state index contributed by atoms with van der Waals surface area (Å²) in [6, 6.07) is 1.93. The van der Waals surface area contributed by atoms with E-state index >= 15 is 0 Å². The summed E-state index contributed by atoms with van der Waals surface area (Å²) in [5, 5.41) is 3.94. The highest BCUT2D eigenvalue weighted by Crippen LogP contribution is 2.32. The van der Waals surface area contributed by atoms with Gasteiger partial charge in [0, 0.05) is 19.7 Å². The van der Waals surface area contributed by atoms with E-state index in [9.17, 15) is 4.79 Å². The van der Waals surface area contributed by atoms with Gasteiger partial charge in [-0.15, -0.1) is 0 Å². The first-order chi connectivity index (χ1) is 10.1. The fraction of sp³-hybridized carbons (Fsp3) is 0.467. The molecule has 0 bridgehead atoms. The first-order valence-electron chi connectivity index (χ1n) is 7.11. The van der Waals surface area contributed by atoms with Crippen molar-refractivity contribution in [1.82, 2.24) is 20.0 Å². The van der Waals surface area contributed by atoms with Gasteiger partial charge in [-0.3, -0.25) is 4.79 Å². The van der Waals surface area contributed by atoms with Crippen molar-refractivity contribution < 1.29 is 9.32 Å². The Morgan fingerprint density at radius 3 is 2.90 bits per heavy atom. The van der Waals surface area contributed by atoms with Crippen LogP contribution in [0, 0.1) is 13.8 Å². The number of hydrogen-bond donors (Lipinski definition) is 0. The third kappa shape index (κ3) is 2.41. The summed E-state index contributed by atoms with van der Waals surface area (Å²) < 4.78 is 5.18. The average Bonchev–Trinajstić information content (AvgIpc) is 3.06. The van der Waals surface area contributed by atoms with Gasteiger partial charge in [0.15, 0.2) is 5.82 Å². The van der Waals surface area contributed by atoms with Crippen LogP contribution in [0.2, 0.25) is 0 Å². The minimum Gasteiger partial charge on any atom is -0.361 e. The zero-order valence-corrected chi connectivity index (χ0v) is 12.5. The quantitative estimate of drug-likeness (QED) is 0.847. The molecular weight excluding hydrogens is 268 g/mol. The Balaban J connectivity index is 1.99. The van der Waals surface area contributed by atoms with Crippen molar-refractivity contribution in [3.8, 4) is 11.4 Å². The summed E-state index contributed by atoms with van der Waals surface area (Å²) >= 11 is 0. The molecule has 3 rings (SSSR count). The van der Waals surface area contributed by atoms with Crippen molar-refractivity contribution in [2.45, 2.75) is 39.7 Å². The molecule has 2 aromatic rings. The smallest absolute Gasteiger partial charge is 0.220 e. The van der Waals surface area contributed by atoms with Gasteiger partial charge in [-0.25, -0.2) is 9.97 Å². The van der Waals surface area contributed by atoms with Crippen molar-refractivity contribution in [2.24, 2.45) is 0 Å². The summed E-state index contributed by atoms with van der Waals surface area (Å²) in [5.74, 6) is 1.41. The lowest BCUT2D eigenvalue weighted by Crippen LogP contribution is -2.28. The predicted octanol–water partition coefficient (Wildman–Crippen LogP) is 2.43. The number of amides is 1. The molecule has 0 aromatic carbocycles. The van der Waals surface area contributed by atoms with Crippen LogP contribution in [0.4, 0.5) is 0 Å². The molecule has 110 valence electrons. The zero-order chi connectivity index (χ0) is 15.0. The molecule has 1 aliphatic heterocycles. The van der Waals surface area contributed by atoms with Gasteiger partial charge in [-0.1, -0.05) is 5.16 Å². The lowest BCUT2D eigenvalue weighted by Gasteiger charge is -2.22. The van der Waals surface area contributed by atoms with E-state index in [1.807, 2.05) is 24.8 Å². The van der Waals surface area contributed by atoms with Crippen molar-refractivity contribution in [3.63, 3.8) is 0 Å². The number of carbonyl (C=O) groups is 1. The number of likely N-dealkylation sites (tertiary alicyclic amines) is 1. The van der Waals surface area contributed by atoms with E-state index in [1.54, 1.807) is 13.1 Å². The maximum atomic E-state index is 11.7. The van der Waals surface area contributed by atoms with E-state index in [1.165, 1.54) is 0 Å². The first-order valence-corrected chi connectivity index (χ1v) is 7.11. The highest BCUT2D eigenvalue weighted by molar-refractivity contribution is 5.74. The first kappa shape index (κ1) is 13.7. The number of aryl methyl sites for hydroxylation is 2. The molecule has 0 unspecified atom stereocenters. The molecule has 1 aliphatic rings. The Bertz CT molecular complexity index is 661. The molecule has 0 saturated carbocycles. The van der Waals surface area contributed by atoms with Gasteiger partial charge in [0.05, 0.1) is 23.0 Å².